The number of rotatable bonds is 17. The fourth-order valence-corrected chi connectivity index (χ4v) is 6.19. The third-order valence-corrected chi connectivity index (χ3v) is 9.02. The number of aliphatic hydroxyl groups excluding tert-OH is 5. The minimum Gasteiger partial charge on any atom is -0.459 e. The molecule has 6 N–H and O–H groups in total. The number of nitrogens with zero attached hydrogens (tertiary/aromatic N) is 1. The van der Waals surface area contributed by atoms with Crippen molar-refractivity contribution in [3.8, 4) is 0 Å². The molecule has 2 aromatic rings. The lowest BCUT2D eigenvalue weighted by Gasteiger charge is -2.27. The van der Waals surface area contributed by atoms with Crippen LogP contribution < -0.4 is 4.90 Å². The third-order valence-electron chi connectivity index (χ3n) is 7.89. The largest absolute Gasteiger partial charge is 0.459 e. The maximum absolute atomic E-state index is 12.7. The second-order valence-electron chi connectivity index (χ2n) is 11.3. The fraction of sp³-hybridized carbons (Fsp3) is 0.613. The summed E-state index contributed by atoms with van der Waals surface area (Å²) in [6, 6.07) is 11.2. The molecule has 0 bridgehead atoms. The summed E-state index contributed by atoms with van der Waals surface area (Å²) in [4.78, 5) is 28.3. The number of aliphatic hydroxyl groups is 6. The highest BCUT2D eigenvalue weighted by Crippen LogP contribution is 2.33. The first-order valence-electron chi connectivity index (χ1n) is 14.7. The van der Waals surface area contributed by atoms with Gasteiger partial charge in [-0.2, -0.15) is 0 Å². The Labute approximate surface area is 251 Å². The molecule has 1 fully saturated rings. The van der Waals surface area contributed by atoms with Crippen LogP contribution in [0, 0.1) is 0 Å². The smallest absolute Gasteiger partial charge is 0.348 e. The van der Waals surface area contributed by atoms with Gasteiger partial charge in [-0.3, -0.25) is 4.79 Å². The Hall–Kier alpha value is -2.38. The number of carbonyl (C=O) groups excluding carboxylic acids is 2. The van der Waals surface area contributed by atoms with Gasteiger partial charge in [-0.05, 0) is 68.9 Å². The van der Waals surface area contributed by atoms with Crippen molar-refractivity contribution in [2.24, 2.45) is 0 Å². The molecule has 10 nitrogen and oxygen atoms in total. The topological polar surface area (TPSA) is 168 Å². The zero-order valence-corrected chi connectivity index (χ0v) is 25.2. The lowest BCUT2D eigenvalue weighted by molar-refractivity contribution is -0.124. The molecule has 0 saturated carbocycles. The number of unbranched alkanes of at least 4 members (excludes halogenated alkanes) is 2. The van der Waals surface area contributed by atoms with E-state index in [2.05, 4.69) is 6.92 Å². The number of amides is 1. The monoisotopic (exact) mass is 607 g/mol. The Balaban J connectivity index is 1.49. The van der Waals surface area contributed by atoms with Gasteiger partial charge >= 0.3 is 5.97 Å². The van der Waals surface area contributed by atoms with E-state index in [1.165, 1.54) is 11.3 Å². The lowest BCUT2D eigenvalue weighted by atomic mass is 9.90. The first-order chi connectivity index (χ1) is 20.0. The molecule has 6 atom stereocenters. The van der Waals surface area contributed by atoms with Crippen LogP contribution in [0.15, 0.2) is 36.4 Å². The molecular weight excluding hydrogens is 562 g/mol. The molecule has 1 aliphatic heterocycles. The molecule has 1 aromatic carbocycles. The maximum atomic E-state index is 12.7. The van der Waals surface area contributed by atoms with Crippen molar-refractivity contribution >= 4 is 28.9 Å². The highest BCUT2D eigenvalue weighted by atomic mass is 32.1. The molecule has 2 heterocycles. The van der Waals surface area contributed by atoms with E-state index in [0.717, 1.165) is 54.7 Å². The van der Waals surface area contributed by atoms with E-state index in [4.69, 9.17) is 9.84 Å². The van der Waals surface area contributed by atoms with Crippen molar-refractivity contribution in [2.75, 3.05) is 18.1 Å². The number of esters is 1. The van der Waals surface area contributed by atoms with Gasteiger partial charge in [0, 0.05) is 23.0 Å². The summed E-state index contributed by atoms with van der Waals surface area (Å²) in [6.07, 6.45) is 0.538. The van der Waals surface area contributed by atoms with Crippen LogP contribution in [0.5, 0.6) is 0 Å². The van der Waals surface area contributed by atoms with Crippen molar-refractivity contribution in [1.29, 1.82) is 0 Å². The highest BCUT2D eigenvalue weighted by Gasteiger charge is 2.33. The van der Waals surface area contributed by atoms with Gasteiger partial charge in [-0.25, -0.2) is 4.79 Å². The third kappa shape index (κ3) is 9.06. The average Bonchev–Trinajstić information content (AvgIpc) is 3.61. The molecule has 1 aliphatic rings. The van der Waals surface area contributed by atoms with Crippen molar-refractivity contribution in [3.05, 3.63) is 51.7 Å². The zero-order valence-electron chi connectivity index (χ0n) is 24.4. The first-order valence-corrected chi connectivity index (χ1v) is 15.5. The van der Waals surface area contributed by atoms with Crippen LogP contribution in [-0.2, 0) is 21.6 Å². The van der Waals surface area contributed by atoms with Gasteiger partial charge < -0.3 is 40.3 Å². The minimum absolute atomic E-state index is 0.0745. The first kappa shape index (κ1) is 34.1. The number of thiophene rings is 1. The molecule has 42 heavy (non-hydrogen) atoms. The van der Waals surface area contributed by atoms with Crippen LogP contribution in [0.1, 0.15) is 85.3 Å². The second-order valence-corrected chi connectivity index (χ2v) is 12.5. The quantitative estimate of drug-likeness (QED) is 0.117. The summed E-state index contributed by atoms with van der Waals surface area (Å²) in [5.74, 6) is -0.593. The Kier molecular flexibility index (Phi) is 12.9. The zero-order chi connectivity index (χ0) is 30.9. The second kappa shape index (κ2) is 15.9. The molecule has 1 unspecified atom stereocenters. The molecule has 1 saturated heterocycles. The minimum atomic E-state index is -1.80. The maximum Gasteiger partial charge on any atom is 0.348 e. The van der Waals surface area contributed by atoms with Crippen molar-refractivity contribution in [1.82, 2.24) is 0 Å². The van der Waals surface area contributed by atoms with E-state index in [1.54, 1.807) is 6.07 Å². The number of benzene rings is 1. The Morgan fingerprint density at radius 2 is 1.74 bits per heavy atom. The van der Waals surface area contributed by atoms with Crippen molar-refractivity contribution in [3.63, 3.8) is 0 Å². The predicted molar refractivity (Wildman–Crippen MR) is 159 cm³/mol. The van der Waals surface area contributed by atoms with E-state index in [9.17, 15) is 35.1 Å². The normalized spacial score (nSPS) is 19.8. The number of hydrogen-bond donors (Lipinski definition) is 6. The van der Waals surface area contributed by atoms with Crippen LogP contribution in [0.25, 0.3) is 0 Å². The Morgan fingerprint density at radius 1 is 1.05 bits per heavy atom. The van der Waals surface area contributed by atoms with Crippen LogP contribution in [0.4, 0.5) is 5.69 Å². The summed E-state index contributed by atoms with van der Waals surface area (Å²) in [5, 5.41) is 58.6. The molecule has 0 spiro atoms. The molecule has 1 aromatic heterocycles. The van der Waals surface area contributed by atoms with Crippen molar-refractivity contribution < 1.29 is 45.0 Å². The lowest BCUT2D eigenvalue weighted by Crippen LogP contribution is -2.47. The molecule has 1 amide bonds. The van der Waals surface area contributed by atoms with E-state index in [0.29, 0.717) is 24.1 Å². The highest BCUT2D eigenvalue weighted by molar-refractivity contribution is 7.13. The Bertz CT molecular complexity index is 1140. The number of hydrogen-bond acceptors (Lipinski definition) is 10. The van der Waals surface area contributed by atoms with Crippen LogP contribution in [-0.4, -0.2) is 86.2 Å². The van der Waals surface area contributed by atoms with Crippen molar-refractivity contribution in [2.45, 2.75) is 108 Å². The molecule has 234 valence electrons. The molecule has 0 radical (unpaired) electrons. The summed E-state index contributed by atoms with van der Waals surface area (Å²) in [7, 11) is 0. The predicted octanol–water partition coefficient (Wildman–Crippen LogP) is 2.65. The van der Waals surface area contributed by atoms with Gasteiger partial charge in [0.15, 0.2) is 0 Å². The number of aryl methyl sites for hydroxylation is 1. The molecular formula is C31H45NO9S. The SMILES string of the molecule is CCCCCC(C)(O)c1ccc(N2C(=O)CC[C@@H]2CCCc2ccc(C(=O)OC[C@@H](O)[C@@H](O)[C@@H](O)[C@H](O)CO)s2)cc1. The summed E-state index contributed by atoms with van der Waals surface area (Å²) >= 11 is 1.26. The average molecular weight is 608 g/mol. The van der Waals surface area contributed by atoms with E-state index < -0.39 is 49.2 Å². The van der Waals surface area contributed by atoms with E-state index in [1.807, 2.05) is 42.2 Å². The van der Waals surface area contributed by atoms with Crippen LogP contribution in [0.2, 0.25) is 0 Å². The summed E-state index contributed by atoms with van der Waals surface area (Å²) in [6.45, 7) is 2.58. The van der Waals surface area contributed by atoms with Gasteiger partial charge in [0.1, 0.15) is 35.9 Å². The standard InChI is InChI=1S/C31H45NO9S/c1-3-4-5-17-31(2,40)20-9-11-22(12-10-20)32-21(13-16-27(32)36)7-6-8-23-14-15-26(42-23)30(39)41-19-25(35)29(38)28(37)24(34)18-33/h9-12,14-15,21,24-25,28-29,33-35,37-38,40H,3-8,13,16-19H2,1-2H3/t21-,24+,25+,28-,29+,31?/m0/s1. The summed E-state index contributed by atoms with van der Waals surface area (Å²) in [5.41, 5.74) is 0.783. The van der Waals surface area contributed by atoms with Gasteiger partial charge in [0.25, 0.3) is 0 Å². The van der Waals surface area contributed by atoms with Crippen LogP contribution >= 0.6 is 11.3 Å². The molecule has 11 heteroatoms. The fourth-order valence-electron chi connectivity index (χ4n) is 5.24. The number of carbonyl (C=O) groups is 2. The van der Waals surface area contributed by atoms with Gasteiger partial charge in [-0.15, -0.1) is 11.3 Å². The molecule has 0 aliphatic carbocycles. The van der Waals surface area contributed by atoms with Gasteiger partial charge in [0.05, 0.1) is 12.2 Å². The van der Waals surface area contributed by atoms with Gasteiger partial charge in [-0.1, -0.05) is 38.3 Å². The van der Waals surface area contributed by atoms with Crippen LogP contribution in [0.3, 0.4) is 0 Å². The van der Waals surface area contributed by atoms with E-state index >= 15 is 0 Å². The Morgan fingerprint density at radius 3 is 2.40 bits per heavy atom. The number of anilines is 1. The van der Waals surface area contributed by atoms with Gasteiger partial charge in [0.2, 0.25) is 5.91 Å². The van der Waals surface area contributed by atoms with E-state index in [-0.39, 0.29) is 11.9 Å². The number of ether oxygens (including phenoxy) is 1. The molecule has 3 rings (SSSR count). The summed E-state index contributed by atoms with van der Waals surface area (Å²) < 4.78 is 5.05.